The number of nitrogens with zero attached hydrogens (tertiary/aromatic N) is 1. The fraction of sp³-hybridized carbons (Fsp3) is 0.125. The van der Waals surface area contributed by atoms with Crippen molar-refractivity contribution in [3.63, 3.8) is 0 Å². The lowest BCUT2D eigenvalue weighted by atomic mass is 10.1. The Bertz CT molecular complexity index is 832. The maximum Gasteiger partial charge on any atom is 0.264 e. The lowest BCUT2D eigenvalue weighted by Crippen LogP contribution is -2.30. The van der Waals surface area contributed by atoms with Crippen molar-refractivity contribution in [3.05, 3.63) is 65.7 Å². The zero-order valence-electron chi connectivity index (χ0n) is 12.7. The molecule has 0 aliphatic heterocycles. The number of hydrogen-bond donors (Lipinski definition) is 1. The van der Waals surface area contributed by atoms with Crippen molar-refractivity contribution in [2.75, 3.05) is 18.2 Å². The number of nitrogens with one attached hydrogen (secondary N) is 1. The summed E-state index contributed by atoms with van der Waals surface area (Å²) in [5.74, 6) is -1.07. The van der Waals surface area contributed by atoms with E-state index in [0.29, 0.717) is 5.69 Å². The van der Waals surface area contributed by atoms with Crippen molar-refractivity contribution in [2.24, 2.45) is 0 Å². The molecule has 2 amide bonds. The number of sulfonamides is 1. The van der Waals surface area contributed by atoms with E-state index in [2.05, 4.69) is 0 Å². The van der Waals surface area contributed by atoms with Gasteiger partial charge in [0.1, 0.15) is 0 Å². The smallest absolute Gasteiger partial charge is 0.264 e. The van der Waals surface area contributed by atoms with E-state index in [-0.39, 0.29) is 17.0 Å². The zero-order valence-corrected chi connectivity index (χ0v) is 13.5. The van der Waals surface area contributed by atoms with Crippen LogP contribution >= 0.6 is 0 Å². The number of carbonyl (C=O) groups is 2. The highest BCUT2D eigenvalue weighted by molar-refractivity contribution is 7.89. The molecule has 0 spiro atoms. The molecule has 6 nitrogen and oxygen atoms in total. The van der Waals surface area contributed by atoms with Gasteiger partial charge in [0.2, 0.25) is 10.0 Å². The van der Waals surface area contributed by atoms with Crippen LogP contribution in [0, 0.1) is 0 Å². The molecular weight excluding hydrogens is 316 g/mol. The molecule has 120 valence electrons. The molecule has 0 bridgehead atoms. The molecular formula is C16H16N2O4S. The highest BCUT2D eigenvalue weighted by atomic mass is 32.2. The maximum atomic E-state index is 12.5. The van der Waals surface area contributed by atoms with Gasteiger partial charge in [-0.1, -0.05) is 24.3 Å². The van der Waals surface area contributed by atoms with Gasteiger partial charge in [0.25, 0.3) is 11.8 Å². The summed E-state index contributed by atoms with van der Waals surface area (Å²) < 4.78 is 24.1. The first-order valence-electron chi connectivity index (χ1n) is 6.73. The molecule has 2 rings (SSSR count). The van der Waals surface area contributed by atoms with Crippen LogP contribution in [0.5, 0.6) is 0 Å². The Kier molecular flexibility index (Phi) is 4.80. The fourth-order valence-corrected chi connectivity index (χ4v) is 2.44. The van der Waals surface area contributed by atoms with Crippen LogP contribution < -0.4 is 9.62 Å². The van der Waals surface area contributed by atoms with Crippen LogP contribution in [0.15, 0.2) is 54.6 Å². The number of anilines is 1. The first-order valence-corrected chi connectivity index (χ1v) is 8.62. The van der Waals surface area contributed by atoms with Crippen molar-refractivity contribution in [1.82, 2.24) is 4.72 Å². The van der Waals surface area contributed by atoms with Gasteiger partial charge in [-0.2, -0.15) is 0 Å². The number of para-hydroxylation sites is 1. The van der Waals surface area contributed by atoms with E-state index in [0.717, 1.165) is 6.26 Å². The SMILES string of the molecule is CN(C(=O)c1cccc(C(=O)NS(C)(=O)=O)c1)c1ccccc1. The largest absolute Gasteiger partial charge is 0.311 e. The van der Waals surface area contributed by atoms with Crippen LogP contribution in [0.1, 0.15) is 20.7 Å². The molecule has 0 saturated carbocycles. The second-order valence-corrected chi connectivity index (χ2v) is 6.73. The molecule has 0 unspecified atom stereocenters. The third kappa shape index (κ3) is 4.40. The second-order valence-electron chi connectivity index (χ2n) is 4.98. The number of rotatable bonds is 4. The average Bonchev–Trinajstić information content (AvgIpc) is 2.53. The second kappa shape index (κ2) is 6.62. The van der Waals surface area contributed by atoms with E-state index < -0.39 is 15.9 Å². The molecule has 0 heterocycles. The third-order valence-electron chi connectivity index (χ3n) is 3.10. The van der Waals surface area contributed by atoms with Crippen LogP contribution in [0.2, 0.25) is 0 Å². The molecule has 2 aromatic rings. The lowest BCUT2D eigenvalue weighted by molar-refractivity contribution is 0.0981. The van der Waals surface area contributed by atoms with Gasteiger partial charge in [-0.3, -0.25) is 9.59 Å². The Morgan fingerprint density at radius 2 is 1.57 bits per heavy atom. The van der Waals surface area contributed by atoms with E-state index in [4.69, 9.17) is 0 Å². The topological polar surface area (TPSA) is 83.6 Å². The van der Waals surface area contributed by atoms with Gasteiger partial charge in [-0.15, -0.1) is 0 Å². The van der Waals surface area contributed by atoms with Gasteiger partial charge in [0, 0.05) is 23.9 Å². The van der Waals surface area contributed by atoms with Gasteiger partial charge < -0.3 is 4.90 Å². The minimum Gasteiger partial charge on any atom is -0.311 e. The Balaban J connectivity index is 2.26. The fourth-order valence-electron chi connectivity index (χ4n) is 1.98. The van der Waals surface area contributed by atoms with E-state index in [1.165, 1.54) is 23.1 Å². The number of amides is 2. The number of carbonyl (C=O) groups excluding carboxylic acids is 2. The highest BCUT2D eigenvalue weighted by Gasteiger charge is 2.16. The van der Waals surface area contributed by atoms with Crippen LogP contribution in [0.3, 0.4) is 0 Å². The van der Waals surface area contributed by atoms with Gasteiger partial charge in [0.05, 0.1) is 6.26 Å². The Labute approximate surface area is 134 Å². The summed E-state index contributed by atoms with van der Waals surface area (Å²) in [6.07, 6.45) is 0.892. The molecule has 0 atom stereocenters. The van der Waals surface area contributed by atoms with Crippen molar-refractivity contribution < 1.29 is 18.0 Å². The molecule has 0 radical (unpaired) electrons. The monoisotopic (exact) mass is 332 g/mol. The predicted octanol–water partition coefficient (Wildman–Crippen LogP) is 1.65. The Hall–Kier alpha value is -2.67. The van der Waals surface area contributed by atoms with Crippen molar-refractivity contribution in [3.8, 4) is 0 Å². The summed E-state index contributed by atoms with van der Waals surface area (Å²) in [6.45, 7) is 0. The summed E-state index contributed by atoms with van der Waals surface area (Å²) >= 11 is 0. The first-order chi connectivity index (χ1) is 10.8. The van der Waals surface area contributed by atoms with Crippen LogP contribution in [0.4, 0.5) is 5.69 Å². The van der Waals surface area contributed by atoms with E-state index >= 15 is 0 Å². The lowest BCUT2D eigenvalue weighted by Gasteiger charge is -2.17. The standard InChI is InChI=1S/C16H16N2O4S/c1-18(14-9-4-3-5-10-14)16(20)13-8-6-7-12(11-13)15(19)17-23(2,21)22/h3-11H,1-2H3,(H,17,19). The highest BCUT2D eigenvalue weighted by Crippen LogP contribution is 2.15. The van der Waals surface area contributed by atoms with Crippen LogP contribution in [-0.2, 0) is 10.0 Å². The summed E-state index contributed by atoms with van der Waals surface area (Å²) in [5, 5.41) is 0. The summed E-state index contributed by atoms with van der Waals surface area (Å²) in [4.78, 5) is 25.8. The van der Waals surface area contributed by atoms with Gasteiger partial charge in [-0.25, -0.2) is 13.1 Å². The number of hydrogen-bond acceptors (Lipinski definition) is 4. The maximum absolute atomic E-state index is 12.5. The molecule has 7 heteroatoms. The van der Waals surface area contributed by atoms with Crippen molar-refractivity contribution in [1.29, 1.82) is 0 Å². The summed E-state index contributed by atoms with van der Waals surface area (Å²) in [7, 11) is -2.03. The van der Waals surface area contributed by atoms with Gasteiger partial charge in [0.15, 0.2) is 0 Å². The van der Waals surface area contributed by atoms with Crippen LogP contribution in [0.25, 0.3) is 0 Å². The normalized spacial score (nSPS) is 10.9. The summed E-state index contributed by atoms with van der Waals surface area (Å²) in [6, 6.07) is 15.0. The Morgan fingerprint density at radius 1 is 0.957 bits per heavy atom. The molecule has 0 saturated heterocycles. The quantitative estimate of drug-likeness (QED) is 0.923. The molecule has 1 N–H and O–H groups in total. The molecule has 0 aliphatic carbocycles. The van der Waals surface area contributed by atoms with E-state index in [1.807, 2.05) is 22.9 Å². The third-order valence-corrected chi connectivity index (χ3v) is 3.65. The van der Waals surface area contributed by atoms with Gasteiger partial charge >= 0.3 is 0 Å². The Morgan fingerprint density at radius 3 is 2.17 bits per heavy atom. The molecule has 23 heavy (non-hydrogen) atoms. The van der Waals surface area contributed by atoms with Gasteiger partial charge in [-0.05, 0) is 30.3 Å². The van der Waals surface area contributed by atoms with E-state index in [1.54, 1.807) is 25.2 Å². The minimum atomic E-state index is -3.66. The van der Waals surface area contributed by atoms with Crippen molar-refractivity contribution >= 4 is 27.5 Å². The molecule has 0 fully saturated rings. The summed E-state index contributed by atoms with van der Waals surface area (Å²) in [5.41, 5.74) is 1.10. The van der Waals surface area contributed by atoms with E-state index in [9.17, 15) is 18.0 Å². The predicted molar refractivity (Wildman–Crippen MR) is 87.9 cm³/mol. The van der Waals surface area contributed by atoms with Crippen molar-refractivity contribution in [2.45, 2.75) is 0 Å². The zero-order chi connectivity index (χ0) is 17.0. The number of benzene rings is 2. The first kappa shape index (κ1) is 16.7. The molecule has 0 aromatic heterocycles. The minimum absolute atomic E-state index is 0.0998. The molecule has 2 aromatic carbocycles. The molecule has 0 aliphatic rings. The average molecular weight is 332 g/mol. The van der Waals surface area contributed by atoms with Crippen LogP contribution in [-0.4, -0.2) is 33.5 Å².